The molecular weight excluding hydrogens is 352 g/mol. The third kappa shape index (κ3) is 3.94. The minimum atomic E-state index is -1.85. The van der Waals surface area contributed by atoms with Gasteiger partial charge in [0.05, 0.1) is 13.3 Å². The minimum Gasteiger partial charge on any atom is -0.497 e. The van der Waals surface area contributed by atoms with E-state index in [4.69, 9.17) is 4.74 Å². The molecule has 3 rings (SSSR count). The van der Waals surface area contributed by atoms with Crippen LogP contribution in [0.3, 0.4) is 0 Å². The number of nitrogens with zero attached hydrogens (tertiary/aromatic N) is 1. The zero-order valence-corrected chi connectivity index (χ0v) is 15.8. The van der Waals surface area contributed by atoms with E-state index in [1.807, 2.05) is 37.3 Å². The van der Waals surface area contributed by atoms with E-state index in [9.17, 15) is 9.90 Å². The molecule has 0 unspecified atom stereocenters. The first-order chi connectivity index (χ1) is 13.6. The number of amides is 1. The van der Waals surface area contributed by atoms with Crippen molar-refractivity contribution in [1.29, 1.82) is 0 Å². The van der Waals surface area contributed by atoms with Gasteiger partial charge in [-0.2, -0.15) is 5.10 Å². The number of nitrogens with one attached hydrogen (secondary N) is 1. The number of rotatable bonds is 6. The average Bonchev–Trinajstić information content (AvgIpc) is 2.75. The number of carbonyl (C=O) groups is 1. The summed E-state index contributed by atoms with van der Waals surface area (Å²) in [5.41, 5.74) is 3.35. The molecule has 0 bridgehead atoms. The number of benzene rings is 3. The molecular formula is C23H22N2O3. The number of aliphatic hydroxyl groups is 1. The van der Waals surface area contributed by atoms with Gasteiger partial charge in [-0.15, -0.1) is 0 Å². The first-order valence-electron chi connectivity index (χ1n) is 8.87. The van der Waals surface area contributed by atoms with Gasteiger partial charge in [-0.05, 0) is 47.4 Å². The Bertz CT molecular complexity index is 930. The van der Waals surface area contributed by atoms with E-state index in [1.165, 1.54) is 0 Å². The Labute approximate surface area is 164 Å². The highest BCUT2D eigenvalue weighted by Gasteiger charge is 2.39. The van der Waals surface area contributed by atoms with Gasteiger partial charge in [-0.25, -0.2) is 5.43 Å². The predicted octanol–water partition coefficient (Wildman–Crippen LogP) is 3.39. The minimum absolute atomic E-state index is 0.467. The second-order valence-electron chi connectivity index (χ2n) is 6.36. The van der Waals surface area contributed by atoms with Gasteiger partial charge >= 0.3 is 0 Å². The van der Waals surface area contributed by atoms with Crippen molar-refractivity contribution in [3.05, 3.63) is 101 Å². The molecule has 3 aromatic rings. The van der Waals surface area contributed by atoms with Crippen molar-refractivity contribution < 1.29 is 14.6 Å². The maximum Gasteiger partial charge on any atom is 0.281 e. The largest absolute Gasteiger partial charge is 0.497 e. The van der Waals surface area contributed by atoms with Crippen molar-refractivity contribution in [2.24, 2.45) is 5.10 Å². The molecule has 0 heterocycles. The van der Waals surface area contributed by atoms with Gasteiger partial charge in [0.15, 0.2) is 5.60 Å². The number of carbonyl (C=O) groups excluding carboxylic acids is 1. The van der Waals surface area contributed by atoms with Crippen LogP contribution < -0.4 is 10.2 Å². The van der Waals surface area contributed by atoms with E-state index in [0.29, 0.717) is 11.1 Å². The van der Waals surface area contributed by atoms with Gasteiger partial charge in [0, 0.05) is 0 Å². The van der Waals surface area contributed by atoms with Crippen molar-refractivity contribution >= 4 is 12.1 Å². The van der Waals surface area contributed by atoms with Gasteiger partial charge in [0.2, 0.25) is 0 Å². The fourth-order valence-corrected chi connectivity index (χ4v) is 2.95. The second-order valence-corrected chi connectivity index (χ2v) is 6.36. The third-order valence-electron chi connectivity index (χ3n) is 4.56. The molecule has 1 amide bonds. The van der Waals surface area contributed by atoms with Crippen molar-refractivity contribution in [2.75, 3.05) is 7.11 Å². The average molecular weight is 374 g/mol. The molecule has 142 valence electrons. The summed E-state index contributed by atoms with van der Waals surface area (Å²) in [6.45, 7) is 1.93. The van der Waals surface area contributed by atoms with Gasteiger partial charge in [-0.3, -0.25) is 4.79 Å². The van der Waals surface area contributed by atoms with Crippen molar-refractivity contribution in [3.8, 4) is 5.75 Å². The maximum absolute atomic E-state index is 12.9. The fraction of sp³-hybridized carbons (Fsp3) is 0.130. The highest BCUT2D eigenvalue weighted by Crippen LogP contribution is 2.29. The molecule has 0 atom stereocenters. The lowest BCUT2D eigenvalue weighted by Gasteiger charge is -2.27. The summed E-state index contributed by atoms with van der Waals surface area (Å²) in [6, 6.07) is 23.2. The number of hydrazone groups is 1. The lowest BCUT2D eigenvalue weighted by molar-refractivity contribution is -0.136. The number of aryl methyl sites for hydroxylation is 1. The lowest BCUT2D eigenvalue weighted by Crippen LogP contribution is -2.43. The Balaban J connectivity index is 1.87. The van der Waals surface area contributed by atoms with E-state index < -0.39 is 11.5 Å². The summed E-state index contributed by atoms with van der Waals surface area (Å²) in [6.07, 6.45) is 1.54. The molecule has 0 saturated heterocycles. The van der Waals surface area contributed by atoms with Crippen LogP contribution in [-0.2, 0) is 10.4 Å². The van der Waals surface area contributed by atoms with Crippen LogP contribution in [0.1, 0.15) is 22.3 Å². The van der Waals surface area contributed by atoms with Crippen LogP contribution in [0.4, 0.5) is 0 Å². The van der Waals surface area contributed by atoms with Crippen LogP contribution in [0.5, 0.6) is 5.75 Å². The van der Waals surface area contributed by atoms with Crippen LogP contribution in [0, 0.1) is 6.92 Å². The van der Waals surface area contributed by atoms with Crippen LogP contribution in [0.25, 0.3) is 0 Å². The molecule has 28 heavy (non-hydrogen) atoms. The number of ether oxygens (including phenoxy) is 1. The van der Waals surface area contributed by atoms with Gasteiger partial charge in [0.25, 0.3) is 5.91 Å². The number of hydrogen-bond acceptors (Lipinski definition) is 4. The molecule has 0 aromatic heterocycles. The smallest absolute Gasteiger partial charge is 0.281 e. The SMILES string of the molecule is COc1ccc(/C=N/NC(=O)C(O)(c2ccccc2)c2ccccc2)c(C)c1. The first-order valence-corrected chi connectivity index (χ1v) is 8.87. The normalized spacial score (nSPS) is 11.4. The van der Waals surface area contributed by atoms with Gasteiger partial charge in [0.1, 0.15) is 5.75 Å². The summed E-state index contributed by atoms with van der Waals surface area (Å²) in [5.74, 6) is 0.119. The molecule has 3 aromatic carbocycles. The van der Waals surface area contributed by atoms with E-state index in [-0.39, 0.29) is 0 Å². The number of hydrogen-bond donors (Lipinski definition) is 2. The van der Waals surface area contributed by atoms with Gasteiger partial charge in [-0.1, -0.05) is 60.7 Å². The highest BCUT2D eigenvalue weighted by molar-refractivity contribution is 5.91. The molecule has 0 aliphatic carbocycles. The Morgan fingerprint density at radius 1 is 1.00 bits per heavy atom. The predicted molar refractivity (Wildman–Crippen MR) is 109 cm³/mol. The molecule has 0 spiro atoms. The van der Waals surface area contributed by atoms with Crippen LogP contribution in [0.2, 0.25) is 0 Å². The summed E-state index contributed by atoms with van der Waals surface area (Å²) >= 11 is 0. The Hall–Kier alpha value is -3.44. The standard InChI is InChI=1S/C23H22N2O3/c1-17-15-21(28-2)14-13-18(17)16-24-25-22(26)23(27,19-9-5-3-6-10-19)20-11-7-4-8-12-20/h3-16,27H,1-2H3,(H,25,26)/b24-16+. The van der Waals surface area contributed by atoms with Gasteiger partial charge < -0.3 is 9.84 Å². The van der Waals surface area contributed by atoms with Crippen LogP contribution in [-0.4, -0.2) is 24.3 Å². The summed E-state index contributed by atoms with van der Waals surface area (Å²) in [4.78, 5) is 12.9. The molecule has 5 nitrogen and oxygen atoms in total. The Kier molecular flexibility index (Phi) is 5.87. The highest BCUT2D eigenvalue weighted by atomic mass is 16.5. The first kappa shape index (κ1) is 19.3. The summed E-state index contributed by atoms with van der Waals surface area (Å²) in [7, 11) is 1.61. The van der Waals surface area contributed by atoms with Crippen LogP contribution >= 0.6 is 0 Å². The summed E-state index contributed by atoms with van der Waals surface area (Å²) in [5, 5.41) is 15.4. The third-order valence-corrected chi connectivity index (χ3v) is 4.56. The van der Waals surface area contributed by atoms with Crippen molar-refractivity contribution in [2.45, 2.75) is 12.5 Å². The maximum atomic E-state index is 12.9. The van der Waals surface area contributed by atoms with Crippen molar-refractivity contribution in [3.63, 3.8) is 0 Å². The molecule has 0 radical (unpaired) electrons. The van der Waals surface area contributed by atoms with Crippen LogP contribution in [0.15, 0.2) is 84.0 Å². The topological polar surface area (TPSA) is 70.9 Å². The summed E-state index contributed by atoms with van der Waals surface area (Å²) < 4.78 is 5.19. The molecule has 0 fully saturated rings. The zero-order valence-electron chi connectivity index (χ0n) is 15.8. The molecule has 5 heteroatoms. The quantitative estimate of drug-likeness (QED) is 0.513. The Morgan fingerprint density at radius 3 is 2.07 bits per heavy atom. The number of methoxy groups -OCH3 is 1. The monoisotopic (exact) mass is 374 g/mol. The second kappa shape index (κ2) is 8.50. The van der Waals surface area contributed by atoms with E-state index in [1.54, 1.807) is 61.9 Å². The molecule has 0 aliphatic rings. The lowest BCUT2D eigenvalue weighted by atomic mass is 9.85. The van der Waals surface area contributed by atoms with Crippen molar-refractivity contribution in [1.82, 2.24) is 5.43 Å². The van der Waals surface area contributed by atoms with E-state index in [2.05, 4.69) is 10.5 Å². The molecule has 0 aliphatic heterocycles. The molecule has 2 N–H and O–H groups in total. The molecule has 0 saturated carbocycles. The Morgan fingerprint density at radius 2 is 1.57 bits per heavy atom. The fourth-order valence-electron chi connectivity index (χ4n) is 2.95. The van der Waals surface area contributed by atoms with E-state index in [0.717, 1.165) is 16.9 Å². The zero-order chi connectivity index (χ0) is 20.0. The van der Waals surface area contributed by atoms with E-state index >= 15 is 0 Å².